The standard InChI is InChI=1S/2C13H24N2O.2C12H22N2O/c2*1-13(2,3)12(16)14-11-5-4-10-6-7-15(8-10)9-11;2*1-12(2,3)11(15)13-10-6-9-4-5-14(7-9)8-10/h2*10-11H,4-9H2,1-3H3,(H,14,16);2*9-10H,4-8H2,1-3H3,(H,13,15)/t2*10?,11-;2*9?,10-/m1010/s1. The number of hydrogen-bond acceptors (Lipinski definition) is 8. The van der Waals surface area contributed by atoms with E-state index in [1.54, 1.807) is 0 Å². The van der Waals surface area contributed by atoms with Gasteiger partial charge < -0.3 is 40.9 Å². The van der Waals surface area contributed by atoms with E-state index in [0.717, 1.165) is 62.7 Å². The summed E-state index contributed by atoms with van der Waals surface area (Å²) in [7, 11) is 0. The molecule has 12 nitrogen and oxygen atoms in total. The molecule has 0 spiro atoms. The van der Waals surface area contributed by atoms with Crippen LogP contribution in [-0.2, 0) is 19.2 Å². The van der Waals surface area contributed by atoms with E-state index in [4.69, 9.17) is 0 Å². The highest BCUT2D eigenvalue weighted by atomic mass is 16.2. The van der Waals surface area contributed by atoms with Crippen LogP contribution in [0.5, 0.6) is 0 Å². The highest BCUT2D eigenvalue weighted by Gasteiger charge is 2.37. The summed E-state index contributed by atoms with van der Waals surface area (Å²) in [6.45, 7) is 37.8. The Balaban J connectivity index is 0.000000156. The molecule has 0 saturated carbocycles. The molecule has 0 aliphatic carbocycles. The molecule has 8 saturated heterocycles. The van der Waals surface area contributed by atoms with E-state index in [1.807, 2.05) is 83.1 Å². The van der Waals surface area contributed by atoms with Gasteiger partial charge in [0.1, 0.15) is 0 Å². The van der Waals surface area contributed by atoms with Crippen LogP contribution in [0.1, 0.15) is 147 Å². The van der Waals surface area contributed by atoms with Crippen molar-refractivity contribution in [2.45, 2.75) is 171 Å². The second-order valence-electron chi connectivity index (χ2n) is 25.0. The summed E-state index contributed by atoms with van der Waals surface area (Å²) < 4.78 is 0. The van der Waals surface area contributed by atoms with E-state index >= 15 is 0 Å². The molecule has 62 heavy (non-hydrogen) atoms. The smallest absolute Gasteiger partial charge is 0.225 e. The molecular formula is C50H92N8O4. The Morgan fingerprint density at radius 3 is 0.855 bits per heavy atom. The first-order valence-corrected chi connectivity index (χ1v) is 24.9. The normalized spacial score (nSPS) is 34.9. The molecule has 8 aliphatic heterocycles. The predicted octanol–water partition coefficient (Wildman–Crippen LogP) is 5.75. The zero-order chi connectivity index (χ0) is 45.6. The van der Waals surface area contributed by atoms with E-state index in [0.29, 0.717) is 24.2 Å². The number of nitrogens with one attached hydrogen (secondary N) is 4. The lowest BCUT2D eigenvalue weighted by Crippen LogP contribution is -2.49. The van der Waals surface area contributed by atoms with Gasteiger partial charge in [-0.2, -0.15) is 0 Å². The Morgan fingerprint density at radius 1 is 0.323 bits per heavy atom. The van der Waals surface area contributed by atoms with E-state index < -0.39 is 0 Å². The van der Waals surface area contributed by atoms with Gasteiger partial charge in [-0.25, -0.2) is 0 Å². The van der Waals surface area contributed by atoms with Crippen LogP contribution in [0.15, 0.2) is 0 Å². The highest BCUT2D eigenvalue weighted by molar-refractivity contribution is 5.83. The van der Waals surface area contributed by atoms with E-state index in [9.17, 15) is 19.2 Å². The van der Waals surface area contributed by atoms with Crippen molar-refractivity contribution in [2.24, 2.45) is 45.3 Å². The van der Waals surface area contributed by atoms with Crippen molar-refractivity contribution < 1.29 is 19.2 Å². The van der Waals surface area contributed by atoms with Crippen LogP contribution in [0.25, 0.3) is 0 Å². The van der Waals surface area contributed by atoms with Gasteiger partial charge in [0, 0.05) is 98.2 Å². The highest BCUT2D eigenvalue weighted by Crippen LogP contribution is 2.30. The maximum atomic E-state index is 11.9. The zero-order valence-corrected chi connectivity index (χ0v) is 41.6. The summed E-state index contributed by atoms with van der Waals surface area (Å²) >= 11 is 0. The molecule has 4 amide bonds. The van der Waals surface area contributed by atoms with Gasteiger partial charge >= 0.3 is 0 Å². The molecule has 12 heteroatoms. The molecule has 12 atom stereocenters. The van der Waals surface area contributed by atoms with Crippen LogP contribution in [0.3, 0.4) is 0 Å². The van der Waals surface area contributed by atoms with E-state index in [-0.39, 0.29) is 45.3 Å². The summed E-state index contributed by atoms with van der Waals surface area (Å²) in [6.07, 6.45) is 12.6. The van der Waals surface area contributed by atoms with Crippen LogP contribution in [-0.4, -0.2) is 146 Å². The first-order chi connectivity index (χ1) is 28.8. The average molecular weight is 869 g/mol. The summed E-state index contributed by atoms with van der Waals surface area (Å²) in [5.74, 6) is 4.18. The van der Waals surface area contributed by atoms with Crippen LogP contribution < -0.4 is 21.3 Å². The molecule has 8 fully saturated rings. The number of nitrogens with zero attached hydrogens (tertiary/aromatic N) is 4. The Morgan fingerprint density at radius 2 is 0.565 bits per heavy atom. The topological polar surface area (TPSA) is 129 Å². The van der Waals surface area contributed by atoms with Gasteiger partial charge in [0.15, 0.2) is 0 Å². The Bertz CT molecular complexity index is 1360. The fourth-order valence-corrected chi connectivity index (χ4v) is 10.5. The number of amides is 4. The first kappa shape index (κ1) is 50.7. The lowest BCUT2D eigenvalue weighted by molar-refractivity contribution is -0.130. The van der Waals surface area contributed by atoms with Crippen LogP contribution in [0, 0.1) is 45.3 Å². The molecule has 8 bridgehead atoms. The molecule has 0 aromatic rings. The fourth-order valence-electron chi connectivity index (χ4n) is 10.5. The largest absolute Gasteiger partial charge is 0.352 e. The average Bonchev–Trinajstić information content (AvgIpc) is 3.90. The molecule has 356 valence electrons. The Labute approximate surface area is 377 Å². The van der Waals surface area contributed by atoms with E-state index in [2.05, 4.69) is 40.9 Å². The molecule has 8 aliphatic rings. The minimum absolute atomic E-state index is 0.190. The molecule has 8 heterocycles. The van der Waals surface area contributed by atoms with Crippen molar-refractivity contribution >= 4 is 23.6 Å². The maximum absolute atomic E-state index is 11.9. The van der Waals surface area contributed by atoms with Gasteiger partial charge in [-0.1, -0.05) is 83.1 Å². The van der Waals surface area contributed by atoms with Crippen molar-refractivity contribution in [3.05, 3.63) is 0 Å². The summed E-state index contributed by atoms with van der Waals surface area (Å²) in [5.41, 5.74) is -1.04. The number of piperidine rings is 2. The summed E-state index contributed by atoms with van der Waals surface area (Å²) in [4.78, 5) is 57.5. The van der Waals surface area contributed by atoms with Gasteiger partial charge in [0.2, 0.25) is 23.6 Å². The number of fused-ring (bicyclic) bond motifs is 8. The maximum Gasteiger partial charge on any atom is 0.225 e. The second kappa shape index (κ2) is 21.4. The van der Waals surface area contributed by atoms with Crippen molar-refractivity contribution in [2.75, 3.05) is 78.5 Å². The van der Waals surface area contributed by atoms with E-state index in [1.165, 1.54) is 104 Å². The number of carbonyl (C=O) groups is 4. The van der Waals surface area contributed by atoms with Crippen LogP contribution in [0.4, 0.5) is 0 Å². The second-order valence-corrected chi connectivity index (χ2v) is 25.0. The molecule has 8 rings (SSSR count). The van der Waals surface area contributed by atoms with Crippen LogP contribution in [0.2, 0.25) is 0 Å². The number of rotatable bonds is 4. The predicted molar refractivity (Wildman–Crippen MR) is 251 cm³/mol. The SMILES string of the molecule is CC(C)(C)C(=O)N[C@@H]1CC2CCN(C2)C1.CC(C)(C)C(=O)N[C@@H]1CCC2CCN(C2)C1.CC(C)(C)C(=O)N[C@H]1CC2CCN(C2)C1.CC(C)(C)C(=O)N[C@H]1CCC2CCN(C2)C1. The van der Waals surface area contributed by atoms with Crippen molar-refractivity contribution in [3.63, 3.8) is 0 Å². The molecule has 0 radical (unpaired) electrons. The summed E-state index contributed by atoms with van der Waals surface area (Å²) in [5, 5.41) is 12.8. The zero-order valence-electron chi connectivity index (χ0n) is 41.6. The molecule has 0 aromatic heterocycles. The molecular weight excluding hydrogens is 777 g/mol. The lowest BCUT2D eigenvalue weighted by atomic mass is 9.92. The third-order valence-corrected chi connectivity index (χ3v) is 14.5. The monoisotopic (exact) mass is 869 g/mol. The molecule has 8 unspecified atom stereocenters. The molecule has 4 N–H and O–H groups in total. The van der Waals surface area contributed by atoms with Gasteiger partial charge in [-0.05, 0) is 114 Å². The number of hydrogen-bond donors (Lipinski definition) is 4. The van der Waals surface area contributed by atoms with Gasteiger partial charge in [0.05, 0.1) is 0 Å². The van der Waals surface area contributed by atoms with Gasteiger partial charge in [0.25, 0.3) is 0 Å². The fraction of sp³-hybridized carbons (Fsp3) is 0.920. The van der Waals surface area contributed by atoms with Crippen molar-refractivity contribution in [1.29, 1.82) is 0 Å². The Hall–Kier alpha value is -2.28. The summed E-state index contributed by atoms with van der Waals surface area (Å²) in [6, 6.07) is 1.52. The molecule has 0 aromatic carbocycles. The van der Waals surface area contributed by atoms with Crippen molar-refractivity contribution in [1.82, 2.24) is 40.9 Å². The third-order valence-electron chi connectivity index (χ3n) is 14.5. The number of carbonyl (C=O) groups excluding carboxylic acids is 4. The minimum Gasteiger partial charge on any atom is -0.352 e. The third kappa shape index (κ3) is 16.0. The van der Waals surface area contributed by atoms with Crippen LogP contribution >= 0.6 is 0 Å². The minimum atomic E-state index is -0.263. The Kier molecular flexibility index (Phi) is 17.5. The lowest BCUT2D eigenvalue weighted by Gasteiger charge is -2.32. The van der Waals surface area contributed by atoms with Crippen molar-refractivity contribution in [3.8, 4) is 0 Å². The first-order valence-electron chi connectivity index (χ1n) is 24.9. The van der Waals surface area contributed by atoms with Gasteiger partial charge in [-0.3, -0.25) is 19.2 Å². The van der Waals surface area contributed by atoms with Gasteiger partial charge in [-0.15, -0.1) is 0 Å². The quantitative estimate of drug-likeness (QED) is 0.282.